The van der Waals surface area contributed by atoms with Crippen LogP contribution in [0.4, 0.5) is 24.5 Å². The quantitative estimate of drug-likeness (QED) is 0.530. The van der Waals surface area contributed by atoms with Crippen LogP contribution in [0, 0.1) is 12.8 Å². The van der Waals surface area contributed by atoms with E-state index in [1.54, 1.807) is 0 Å². The molecule has 2 N–H and O–H groups in total. The van der Waals surface area contributed by atoms with Gasteiger partial charge < -0.3 is 10.4 Å². The SMILES string of the molecule is Cc1cc([N+]2(N3CCC[C@@H]3C)CCCC2)ccc1NC(=O)CC1CCCC1.O=C(O)C(F)(F)F. The van der Waals surface area contributed by atoms with E-state index in [0.717, 1.165) is 10.3 Å². The van der Waals surface area contributed by atoms with E-state index in [1.165, 1.54) is 82.3 Å². The number of amides is 1. The molecule has 3 aliphatic rings. The van der Waals surface area contributed by atoms with Gasteiger partial charge in [-0.15, -0.1) is 5.01 Å². The van der Waals surface area contributed by atoms with E-state index < -0.39 is 12.1 Å². The Kier molecular flexibility index (Phi) is 8.62. The molecule has 0 spiro atoms. The number of hydrogen-bond acceptors (Lipinski definition) is 3. The number of rotatable bonds is 5. The van der Waals surface area contributed by atoms with E-state index >= 15 is 0 Å². The predicted molar refractivity (Wildman–Crippen MR) is 126 cm³/mol. The molecule has 6 nitrogen and oxygen atoms in total. The first-order valence-electron chi connectivity index (χ1n) is 12.4. The van der Waals surface area contributed by atoms with Crippen LogP contribution >= 0.6 is 0 Å². The van der Waals surface area contributed by atoms with Crippen LogP contribution in [0.1, 0.15) is 70.3 Å². The van der Waals surface area contributed by atoms with Crippen molar-refractivity contribution < 1.29 is 27.9 Å². The molecule has 4 rings (SSSR count). The zero-order valence-electron chi connectivity index (χ0n) is 20.2. The van der Waals surface area contributed by atoms with E-state index in [-0.39, 0.29) is 5.91 Å². The Bertz CT molecular complexity index is 863. The largest absolute Gasteiger partial charge is 0.490 e. The van der Waals surface area contributed by atoms with Gasteiger partial charge in [-0.2, -0.15) is 13.2 Å². The molecular formula is C25H37F3N3O3+. The Morgan fingerprint density at radius 2 is 1.71 bits per heavy atom. The minimum atomic E-state index is -5.08. The molecule has 2 heterocycles. The first kappa shape index (κ1) is 26.5. The van der Waals surface area contributed by atoms with Crippen LogP contribution in [0.15, 0.2) is 18.2 Å². The molecule has 1 aliphatic carbocycles. The van der Waals surface area contributed by atoms with Crippen molar-refractivity contribution in [3.8, 4) is 0 Å². The van der Waals surface area contributed by atoms with Crippen molar-refractivity contribution in [2.75, 3.05) is 25.0 Å². The molecule has 34 heavy (non-hydrogen) atoms. The predicted octanol–water partition coefficient (Wildman–Crippen LogP) is 5.65. The fraction of sp³-hybridized carbons (Fsp3) is 0.680. The number of anilines is 1. The van der Waals surface area contributed by atoms with Gasteiger partial charge in [0, 0.05) is 43.6 Å². The fourth-order valence-corrected chi connectivity index (χ4v) is 5.73. The number of halogens is 3. The number of quaternary nitrogens is 1. The molecule has 1 saturated carbocycles. The average molecular weight is 485 g/mol. The molecule has 1 atom stereocenters. The van der Waals surface area contributed by atoms with Crippen LogP contribution in [0.2, 0.25) is 0 Å². The second-order valence-corrected chi connectivity index (χ2v) is 9.94. The maximum absolute atomic E-state index is 12.5. The Balaban J connectivity index is 0.000000406. The minimum Gasteiger partial charge on any atom is -0.475 e. The van der Waals surface area contributed by atoms with Gasteiger partial charge in [0.15, 0.2) is 5.69 Å². The third-order valence-corrected chi connectivity index (χ3v) is 7.47. The van der Waals surface area contributed by atoms with Gasteiger partial charge in [-0.25, -0.2) is 9.39 Å². The number of nitrogens with one attached hydrogen (secondary N) is 1. The monoisotopic (exact) mass is 484 g/mol. The molecule has 1 aromatic rings. The summed E-state index contributed by atoms with van der Waals surface area (Å²) in [5, 5.41) is 13.0. The Labute approximate surface area is 199 Å². The highest BCUT2D eigenvalue weighted by molar-refractivity contribution is 5.91. The topological polar surface area (TPSA) is 69.6 Å². The summed E-state index contributed by atoms with van der Waals surface area (Å²) in [7, 11) is 0. The Hall–Kier alpha value is -2.13. The maximum Gasteiger partial charge on any atom is 0.490 e. The number of alkyl halides is 3. The lowest BCUT2D eigenvalue weighted by Gasteiger charge is -2.43. The standard InChI is InChI=1S/C23H35N3O.C2HF3O2/c1-18-16-21(26(14-5-6-15-26)25-13-7-8-19(25)2)11-12-22(18)24-23(27)17-20-9-3-4-10-20;3-2(4,5)1(6)7/h11-12,16,19-20H,3-10,13-15,17H2,1-2H3;(H,6,7)/p+1/t19-;/m0./s1. The van der Waals surface area contributed by atoms with Crippen LogP contribution in [-0.2, 0) is 9.59 Å². The molecule has 3 fully saturated rings. The molecule has 2 aliphatic heterocycles. The lowest BCUT2D eigenvalue weighted by molar-refractivity contribution is -0.192. The lowest BCUT2D eigenvalue weighted by Crippen LogP contribution is -2.61. The van der Waals surface area contributed by atoms with Crippen LogP contribution in [0.25, 0.3) is 0 Å². The molecule has 0 bridgehead atoms. The van der Waals surface area contributed by atoms with Gasteiger partial charge in [-0.3, -0.25) is 4.79 Å². The highest BCUT2D eigenvalue weighted by Gasteiger charge is 2.45. The summed E-state index contributed by atoms with van der Waals surface area (Å²) in [4.78, 5) is 21.3. The van der Waals surface area contributed by atoms with Crippen molar-refractivity contribution in [2.24, 2.45) is 5.92 Å². The van der Waals surface area contributed by atoms with Gasteiger partial charge in [0.05, 0.1) is 6.04 Å². The number of carbonyl (C=O) groups excluding carboxylic acids is 1. The number of carboxylic acids is 1. The van der Waals surface area contributed by atoms with Gasteiger partial charge >= 0.3 is 12.1 Å². The number of aliphatic carboxylic acids is 1. The number of nitrogens with zero attached hydrogens (tertiary/aromatic N) is 2. The third kappa shape index (κ3) is 6.30. The number of aryl methyl sites for hydroxylation is 1. The fourth-order valence-electron chi connectivity index (χ4n) is 5.73. The average Bonchev–Trinajstić information content (AvgIpc) is 3.51. The van der Waals surface area contributed by atoms with Gasteiger partial charge in [0.2, 0.25) is 5.91 Å². The number of hydrogen-bond donors (Lipinski definition) is 2. The first-order valence-corrected chi connectivity index (χ1v) is 12.4. The molecule has 0 aromatic heterocycles. The number of benzene rings is 1. The molecular weight excluding hydrogens is 447 g/mol. The van der Waals surface area contributed by atoms with Crippen molar-refractivity contribution in [2.45, 2.75) is 83.9 Å². The van der Waals surface area contributed by atoms with Crippen LogP contribution in [-0.4, -0.2) is 53.8 Å². The number of carboxylic acid groups (broad SMARTS) is 1. The molecule has 1 aromatic carbocycles. The van der Waals surface area contributed by atoms with Crippen molar-refractivity contribution in [1.29, 1.82) is 0 Å². The van der Waals surface area contributed by atoms with Crippen molar-refractivity contribution in [3.63, 3.8) is 0 Å². The summed E-state index contributed by atoms with van der Waals surface area (Å²) in [5.41, 5.74) is 3.60. The maximum atomic E-state index is 12.5. The molecule has 2 saturated heterocycles. The summed E-state index contributed by atoms with van der Waals surface area (Å²) in [6.07, 6.45) is 5.88. The third-order valence-electron chi connectivity index (χ3n) is 7.47. The zero-order valence-corrected chi connectivity index (χ0v) is 20.2. The van der Waals surface area contributed by atoms with Gasteiger partial charge in [-0.1, -0.05) is 12.8 Å². The zero-order chi connectivity index (χ0) is 24.9. The molecule has 0 unspecified atom stereocenters. The molecule has 190 valence electrons. The minimum absolute atomic E-state index is 0.191. The second-order valence-electron chi connectivity index (χ2n) is 9.94. The smallest absolute Gasteiger partial charge is 0.475 e. The first-order chi connectivity index (χ1) is 16.0. The van der Waals surface area contributed by atoms with Crippen LogP contribution in [0.5, 0.6) is 0 Å². The van der Waals surface area contributed by atoms with E-state index in [2.05, 4.69) is 42.4 Å². The van der Waals surface area contributed by atoms with Gasteiger partial charge in [0.1, 0.15) is 13.1 Å². The summed E-state index contributed by atoms with van der Waals surface area (Å²) in [6, 6.07) is 7.42. The summed E-state index contributed by atoms with van der Waals surface area (Å²) >= 11 is 0. The van der Waals surface area contributed by atoms with Crippen molar-refractivity contribution in [1.82, 2.24) is 9.60 Å². The Morgan fingerprint density at radius 1 is 1.09 bits per heavy atom. The van der Waals surface area contributed by atoms with Gasteiger partial charge in [0.25, 0.3) is 0 Å². The molecule has 1 amide bonds. The lowest BCUT2D eigenvalue weighted by atomic mass is 10.0. The molecule has 9 heteroatoms. The Morgan fingerprint density at radius 3 is 2.21 bits per heavy atom. The van der Waals surface area contributed by atoms with Gasteiger partial charge in [-0.05, 0) is 57.1 Å². The normalized spacial score (nSPS) is 22.9. The summed E-state index contributed by atoms with van der Waals surface area (Å²) in [6.45, 7) is 8.18. The number of carbonyl (C=O) groups is 2. The summed E-state index contributed by atoms with van der Waals surface area (Å²) < 4.78 is 32.8. The second kappa shape index (κ2) is 11.1. The van der Waals surface area contributed by atoms with E-state index in [1.807, 2.05) is 0 Å². The molecule has 0 radical (unpaired) electrons. The summed E-state index contributed by atoms with van der Waals surface area (Å²) in [5.74, 6) is -1.97. The van der Waals surface area contributed by atoms with E-state index in [9.17, 15) is 18.0 Å². The van der Waals surface area contributed by atoms with Crippen molar-refractivity contribution in [3.05, 3.63) is 23.8 Å². The van der Waals surface area contributed by atoms with Crippen LogP contribution < -0.4 is 9.91 Å². The highest BCUT2D eigenvalue weighted by atomic mass is 19.4. The van der Waals surface area contributed by atoms with Crippen molar-refractivity contribution >= 4 is 23.3 Å². The van der Waals surface area contributed by atoms with E-state index in [4.69, 9.17) is 9.90 Å². The highest BCUT2D eigenvalue weighted by Crippen LogP contribution is 2.38. The van der Waals surface area contributed by atoms with Crippen LogP contribution in [0.3, 0.4) is 0 Å². The van der Waals surface area contributed by atoms with E-state index in [0.29, 0.717) is 18.4 Å².